The molecule has 5 heterocycles. The number of nitrogens with one attached hydrogen (secondary N) is 1. The number of aromatic nitrogens is 3. The molecule has 1 amide bonds. The predicted molar refractivity (Wildman–Crippen MR) is 148 cm³/mol. The highest BCUT2D eigenvalue weighted by atomic mass is 32.2. The lowest BCUT2D eigenvalue weighted by atomic mass is 10.1. The number of hydrogen-bond donors (Lipinski definition) is 1. The Hall–Kier alpha value is -4.09. The summed E-state index contributed by atoms with van der Waals surface area (Å²) < 4.78 is 36.4. The normalized spacial score (nSPS) is 17.9. The maximum Gasteiger partial charge on any atom is 0.251 e. The second-order valence-electron chi connectivity index (χ2n) is 10.2. The molecule has 1 saturated carbocycles. The third-order valence-corrected chi connectivity index (χ3v) is 9.20. The number of carbonyl (C=O) groups excluding carboxylic acids is 1. The van der Waals surface area contributed by atoms with Crippen LogP contribution in [-0.2, 0) is 27.7 Å². The molecule has 0 bridgehead atoms. The minimum atomic E-state index is -3.50. The van der Waals surface area contributed by atoms with Crippen LogP contribution in [-0.4, -0.2) is 54.8 Å². The largest absolute Gasteiger partial charge is 0.474 e. The summed E-state index contributed by atoms with van der Waals surface area (Å²) in [4.78, 5) is 29.3. The number of fused-ring (bicyclic) bond motifs is 3. The van der Waals surface area contributed by atoms with Crippen molar-refractivity contribution in [3.63, 3.8) is 0 Å². The van der Waals surface area contributed by atoms with Crippen LogP contribution in [0.4, 0.5) is 11.5 Å². The van der Waals surface area contributed by atoms with Crippen LogP contribution in [0.25, 0.3) is 10.9 Å². The van der Waals surface area contributed by atoms with Crippen molar-refractivity contribution in [2.45, 2.75) is 36.8 Å². The molecule has 1 fully saturated rings. The first-order valence-corrected chi connectivity index (χ1v) is 15.0. The third-order valence-electron chi connectivity index (χ3n) is 7.44. The molecule has 0 saturated heterocycles. The zero-order valence-corrected chi connectivity index (χ0v) is 22.5. The summed E-state index contributed by atoms with van der Waals surface area (Å²) in [7, 11) is -3.50. The summed E-state index contributed by atoms with van der Waals surface area (Å²) >= 11 is 0. The Morgan fingerprint density at radius 1 is 1.05 bits per heavy atom. The van der Waals surface area contributed by atoms with Crippen LogP contribution in [0.15, 0.2) is 59.6 Å². The van der Waals surface area contributed by atoms with E-state index in [1.54, 1.807) is 18.3 Å². The van der Waals surface area contributed by atoms with Crippen LogP contribution >= 0.6 is 0 Å². The molecule has 1 aromatic carbocycles. The van der Waals surface area contributed by atoms with Gasteiger partial charge in [0.15, 0.2) is 9.84 Å². The number of anilines is 2. The Bertz CT molecular complexity index is 1760. The molecular formula is C29H27N5O5S. The van der Waals surface area contributed by atoms with Crippen LogP contribution in [0, 0.1) is 0 Å². The first-order valence-electron chi connectivity index (χ1n) is 13.3. The third kappa shape index (κ3) is 4.75. The van der Waals surface area contributed by atoms with E-state index in [0.717, 1.165) is 28.1 Å². The van der Waals surface area contributed by atoms with E-state index in [1.165, 1.54) is 18.9 Å². The molecule has 10 nitrogen and oxygen atoms in total. The van der Waals surface area contributed by atoms with Crippen molar-refractivity contribution in [3.05, 3.63) is 77.2 Å². The zero-order chi connectivity index (χ0) is 27.3. The Labute approximate surface area is 231 Å². The molecule has 0 unspecified atom stereocenters. The minimum Gasteiger partial charge on any atom is -0.474 e. The van der Waals surface area contributed by atoms with Gasteiger partial charge in [-0.05, 0) is 60.9 Å². The highest BCUT2D eigenvalue weighted by Gasteiger charge is 2.29. The molecule has 3 aliphatic rings. The van der Waals surface area contributed by atoms with Crippen molar-refractivity contribution in [2.75, 3.05) is 30.4 Å². The van der Waals surface area contributed by atoms with Crippen LogP contribution in [0.3, 0.4) is 0 Å². The molecule has 1 N–H and O–H groups in total. The summed E-state index contributed by atoms with van der Waals surface area (Å²) in [5.41, 5.74) is 4.22. The Kier molecular flexibility index (Phi) is 6.12. The van der Waals surface area contributed by atoms with Crippen LogP contribution in [0.1, 0.15) is 46.1 Å². The Morgan fingerprint density at radius 2 is 1.95 bits per heavy atom. The van der Waals surface area contributed by atoms with Crippen LogP contribution in [0.5, 0.6) is 5.88 Å². The van der Waals surface area contributed by atoms with Gasteiger partial charge < -0.3 is 19.7 Å². The summed E-state index contributed by atoms with van der Waals surface area (Å²) in [6, 6.07) is 14.6. The molecule has 0 spiro atoms. The van der Waals surface area contributed by atoms with E-state index in [1.807, 2.05) is 18.2 Å². The number of rotatable bonds is 5. The van der Waals surface area contributed by atoms with Crippen molar-refractivity contribution in [1.29, 1.82) is 0 Å². The first-order chi connectivity index (χ1) is 19.4. The lowest BCUT2D eigenvalue weighted by Gasteiger charge is -2.30. The monoisotopic (exact) mass is 557 g/mol. The first kappa shape index (κ1) is 24.9. The molecule has 7 rings (SSSR count). The fourth-order valence-electron chi connectivity index (χ4n) is 5.09. The van der Waals surface area contributed by atoms with E-state index in [9.17, 15) is 13.2 Å². The van der Waals surface area contributed by atoms with Crippen molar-refractivity contribution < 1.29 is 22.7 Å². The molecule has 0 radical (unpaired) electrons. The maximum absolute atomic E-state index is 12.9. The van der Waals surface area contributed by atoms with Gasteiger partial charge in [0, 0.05) is 28.8 Å². The molecule has 3 aromatic heterocycles. The van der Waals surface area contributed by atoms with Gasteiger partial charge in [0.1, 0.15) is 18.1 Å². The number of carbonyl (C=O) groups is 1. The average molecular weight is 558 g/mol. The van der Waals surface area contributed by atoms with Crippen molar-refractivity contribution in [2.24, 2.45) is 0 Å². The SMILES string of the molecule is O=C(NCc1cc2nc(N3CCOc4nc(C5CC5)ccc43)ccc2cn1)c1ccc2c(c1)S(=O)(=O)CCOC2. The molecular weight excluding hydrogens is 530 g/mol. The van der Waals surface area contributed by atoms with E-state index >= 15 is 0 Å². The van der Waals surface area contributed by atoms with Crippen molar-refractivity contribution >= 4 is 38.2 Å². The molecule has 204 valence electrons. The molecule has 11 heteroatoms. The average Bonchev–Trinajstić information content (AvgIpc) is 3.84. The summed E-state index contributed by atoms with van der Waals surface area (Å²) in [5, 5.41) is 3.73. The van der Waals surface area contributed by atoms with E-state index in [2.05, 4.69) is 27.3 Å². The molecule has 0 atom stereocenters. The van der Waals surface area contributed by atoms with E-state index in [-0.39, 0.29) is 41.9 Å². The number of pyridine rings is 3. The number of nitrogens with zero attached hydrogens (tertiary/aromatic N) is 4. The van der Waals surface area contributed by atoms with Crippen LogP contribution in [0.2, 0.25) is 0 Å². The zero-order valence-electron chi connectivity index (χ0n) is 21.7. The van der Waals surface area contributed by atoms with Gasteiger partial charge in [-0.25, -0.2) is 18.4 Å². The second kappa shape index (κ2) is 9.83. The number of benzene rings is 1. The van der Waals surface area contributed by atoms with Crippen molar-refractivity contribution in [3.8, 4) is 5.88 Å². The molecule has 1 aliphatic carbocycles. The summed E-state index contributed by atoms with van der Waals surface area (Å²) in [6.45, 7) is 1.70. The highest BCUT2D eigenvalue weighted by molar-refractivity contribution is 7.91. The van der Waals surface area contributed by atoms with Crippen molar-refractivity contribution in [1.82, 2.24) is 20.3 Å². The van der Waals surface area contributed by atoms with Gasteiger partial charge in [-0.1, -0.05) is 6.07 Å². The van der Waals surface area contributed by atoms with E-state index in [4.69, 9.17) is 19.4 Å². The van der Waals surface area contributed by atoms with Gasteiger partial charge in [-0.15, -0.1) is 0 Å². The van der Waals surface area contributed by atoms with Gasteiger partial charge in [0.25, 0.3) is 5.91 Å². The fourth-order valence-corrected chi connectivity index (χ4v) is 6.48. The lowest BCUT2D eigenvalue weighted by Crippen LogP contribution is -2.29. The predicted octanol–water partition coefficient (Wildman–Crippen LogP) is 3.67. The van der Waals surface area contributed by atoms with Gasteiger partial charge in [0.2, 0.25) is 5.88 Å². The lowest BCUT2D eigenvalue weighted by molar-refractivity contribution is 0.0950. The maximum atomic E-state index is 12.9. The smallest absolute Gasteiger partial charge is 0.251 e. The number of amides is 1. The van der Waals surface area contributed by atoms with E-state index in [0.29, 0.717) is 36.2 Å². The summed E-state index contributed by atoms with van der Waals surface area (Å²) in [5.74, 6) is 1.50. The van der Waals surface area contributed by atoms with Gasteiger partial charge in [0.05, 0.1) is 48.2 Å². The number of hydrogen-bond acceptors (Lipinski definition) is 9. The van der Waals surface area contributed by atoms with Gasteiger partial charge >= 0.3 is 0 Å². The topological polar surface area (TPSA) is 124 Å². The standard InChI is InChI=1S/C29H27N5O5S/c35-28(19-3-4-21-17-38-11-12-40(36,37)26(21)13-19)31-16-22-14-24-20(15-30-22)5-8-27(32-24)34-9-10-39-29-25(34)7-6-23(33-29)18-1-2-18/h3-8,13-15,18H,1-2,9-12,16-17H2,(H,31,35). The number of ether oxygens (including phenoxy) is 2. The summed E-state index contributed by atoms with van der Waals surface area (Å²) in [6.07, 6.45) is 4.10. The fraction of sp³-hybridized carbons (Fsp3) is 0.310. The molecule has 4 aromatic rings. The molecule has 2 aliphatic heterocycles. The van der Waals surface area contributed by atoms with E-state index < -0.39 is 9.84 Å². The molecule has 40 heavy (non-hydrogen) atoms. The Balaban J connectivity index is 1.10. The minimum absolute atomic E-state index is 0.102. The van der Waals surface area contributed by atoms with Gasteiger partial charge in [-0.2, -0.15) is 0 Å². The highest BCUT2D eigenvalue weighted by Crippen LogP contribution is 2.42. The number of sulfone groups is 1. The quantitative estimate of drug-likeness (QED) is 0.391. The second-order valence-corrected chi connectivity index (χ2v) is 12.3. The van der Waals surface area contributed by atoms with Crippen LogP contribution < -0.4 is 15.0 Å². The Morgan fingerprint density at radius 3 is 2.83 bits per heavy atom. The van der Waals surface area contributed by atoms with Gasteiger partial charge in [-0.3, -0.25) is 9.78 Å².